The SMILES string of the molecule is COc1ccc(C2CCCN2C(=O)c2cnccn2)cc1OC. The number of hydrogen-bond donors (Lipinski definition) is 0. The zero-order chi connectivity index (χ0) is 16.2. The number of hydrogen-bond acceptors (Lipinski definition) is 5. The lowest BCUT2D eigenvalue weighted by Gasteiger charge is -2.25. The zero-order valence-electron chi connectivity index (χ0n) is 13.2. The molecule has 3 rings (SSSR count). The second-order valence-electron chi connectivity index (χ2n) is 5.36. The highest BCUT2D eigenvalue weighted by Crippen LogP contribution is 2.37. The van der Waals surface area contributed by atoms with Gasteiger partial charge in [0.05, 0.1) is 26.5 Å². The average molecular weight is 313 g/mol. The van der Waals surface area contributed by atoms with E-state index in [9.17, 15) is 4.79 Å². The molecule has 6 heteroatoms. The van der Waals surface area contributed by atoms with Gasteiger partial charge in [-0.25, -0.2) is 4.98 Å². The van der Waals surface area contributed by atoms with E-state index in [-0.39, 0.29) is 11.9 Å². The summed E-state index contributed by atoms with van der Waals surface area (Å²) < 4.78 is 10.6. The van der Waals surface area contributed by atoms with Gasteiger partial charge in [-0.3, -0.25) is 9.78 Å². The van der Waals surface area contributed by atoms with Crippen LogP contribution >= 0.6 is 0 Å². The lowest BCUT2D eigenvalue weighted by atomic mass is 10.0. The molecule has 1 fully saturated rings. The predicted octanol–water partition coefficient (Wildman–Crippen LogP) is 2.47. The maximum absolute atomic E-state index is 12.7. The summed E-state index contributed by atoms with van der Waals surface area (Å²) in [6, 6.07) is 5.81. The number of amides is 1. The van der Waals surface area contributed by atoms with Crippen LogP contribution in [0.3, 0.4) is 0 Å². The Morgan fingerprint density at radius 1 is 1.22 bits per heavy atom. The van der Waals surface area contributed by atoms with E-state index in [1.165, 1.54) is 12.4 Å². The van der Waals surface area contributed by atoms with Crippen LogP contribution in [0.5, 0.6) is 11.5 Å². The third kappa shape index (κ3) is 2.97. The zero-order valence-corrected chi connectivity index (χ0v) is 13.2. The molecule has 1 unspecified atom stereocenters. The topological polar surface area (TPSA) is 64.5 Å². The van der Waals surface area contributed by atoms with Crippen LogP contribution in [0.25, 0.3) is 0 Å². The Kier molecular flexibility index (Phi) is 4.41. The fourth-order valence-electron chi connectivity index (χ4n) is 2.97. The Balaban J connectivity index is 1.88. The minimum atomic E-state index is -0.0876. The van der Waals surface area contributed by atoms with Crippen molar-refractivity contribution < 1.29 is 14.3 Å². The molecule has 0 bridgehead atoms. The Morgan fingerprint density at radius 3 is 2.74 bits per heavy atom. The molecule has 120 valence electrons. The molecule has 1 aliphatic heterocycles. The maximum atomic E-state index is 12.7. The first kappa shape index (κ1) is 15.3. The lowest BCUT2D eigenvalue weighted by molar-refractivity contribution is 0.0729. The molecule has 2 aromatic rings. The molecule has 0 saturated carbocycles. The van der Waals surface area contributed by atoms with Crippen LogP contribution in [-0.4, -0.2) is 41.5 Å². The Labute approximate surface area is 135 Å². The predicted molar refractivity (Wildman–Crippen MR) is 84.6 cm³/mol. The van der Waals surface area contributed by atoms with E-state index in [4.69, 9.17) is 9.47 Å². The summed E-state index contributed by atoms with van der Waals surface area (Å²) in [7, 11) is 3.22. The molecule has 1 aromatic carbocycles. The molecule has 6 nitrogen and oxygen atoms in total. The molecule has 0 radical (unpaired) electrons. The highest BCUT2D eigenvalue weighted by atomic mass is 16.5. The Hall–Kier alpha value is -2.63. The van der Waals surface area contributed by atoms with Crippen molar-refractivity contribution >= 4 is 5.91 Å². The van der Waals surface area contributed by atoms with Crippen molar-refractivity contribution in [2.45, 2.75) is 18.9 Å². The third-order valence-corrected chi connectivity index (χ3v) is 4.09. The van der Waals surface area contributed by atoms with Gasteiger partial charge in [0.15, 0.2) is 11.5 Å². The molecule has 1 saturated heterocycles. The van der Waals surface area contributed by atoms with Crippen molar-refractivity contribution in [2.24, 2.45) is 0 Å². The first-order chi connectivity index (χ1) is 11.2. The van der Waals surface area contributed by atoms with Crippen LogP contribution in [0, 0.1) is 0 Å². The van der Waals surface area contributed by atoms with Gasteiger partial charge < -0.3 is 14.4 Å². The van der Waals surface area contributed by atoms with E-state index in [1.807, 2.05) is 23.1 Å². The van der Waals surface area contributed by atoms with Gasteiger partial charge in [-0.05, 0) is 30.5 Å². The van der Waals surface area contributed by atoms with Crippen molar-refractivity contribution in [1.29, 1.82) is 0 Å². The van der Waals surface area contributed by atoms with Gasteiger partial charge in [-0.15, -0.1) is 0 Å². The van der Waals surface area contributed by atoms with Gasteiger partial charge in [0, 0.05) is 18.9 Å². The van der Waals surface area contributed by atoms with Crippen molar-refractivity contribution in [1.82, 2.24) is 14.9 Å². The number of carbonyl (C=O) groups excluding carboxylic acids is 1. The van der Waals surface area contributed by atoms with E-state index in [0.717, 1.165) is 18.4 Å². The van der Waals surface area contributed by atoms with E-state index < -0.39 is 0 Å². The monoisotopic (exact) mass is 313 g/mol. The number of nitrogens with zero attached hydrogens (tertiary/aromatic N) is 3. The molecule has 1 aromatic heterocycles. The van der Waals surface area contributed by atoms with Gasteiger partial charge in [0.25, 0.3) is 5.91 Å². The lowest BCUT2D eigenvalue weighted by Crippen LogP contribution is -2.31. The molecule has 0 aliphatic carbocycles. The standard InChI is InChI=1S/C17H19N3O3/c1-22-15-6-5-12(10-16(15)23-2)14-4-3-9-20(14)17(21)13-11-18-7-8-19-13/h5-8,10-11,14H,3-4,9H2,1-2H3. The quantitative estimate of drug-likeness (QED) is 0.867. The second-order valence-corrected chi connectivity index (χ2v) is 5.36. The molecular weight excluding hydrogens is 294 g/mol. The number of ether oxygens (including phenoxy) is 2. The molecule has 1 amide bonds. The summed E-state index contributed by atoms with van der Waals surface area (Å²) in [5.41, 5.74) is 1.41. The van der Waals surface area contributed by atoms with Gasteiger partial charge in [0.2, 0.25) is 0 Å². The number of carbonyl (C=O) groups is 1. The van der Waals surface area contributed by atoms with Gasteiger partial charge in [-0.1, -0.05) is 6.07 Å². The molecule has 2 heterocycles. The van der Waals surface area contributed by atoms with Crippen molar-refractivity contribution in [3.05, 3.63) is 48.0 Å². The molecule has 0 N–H and O–H groups in total. The molecule has 23 heavy (non-hydrogen) atoms. The molecule has 1 atom stereocenters. The Morgan fingerprint density at radius 2 is 2.04 bits per heavy atom. The fourth-order valence-corrected chi connectivity index (χ4v) is 2.97. The highest BCUT2D eigenvalue weighted by molar-refractivity contribution is 5.92. The summed E-state index contributed by atoms with van der Waals surface area (Å²) in [5.74, 6) is 1.26. The van der Waals surface area contributed by atoms with Crippen LogP contribution in [0.1, 0.15) is 34.9 Å². The number of likely N-dealkylation sites (tertiary alicyclic amines) is 1. The minimum Gasteiger partial charge on any atom is -0.493 e. The van der Waals surface area contributed by atoms with E-state index >= 15 is 0 Å². The number of benzene rings is 1. The van der Waals surface area contributed by atoms with Crippen LogP contribution in [-0.2, 0) is 0 Å². The van der Waals surface area contributed by atoms with Crippen molar-refractivity contribution in [3.8, 4) is 11.5 Å². The second kappa shape index (κ2) is 6.64. The first-order valence-corrected chi connectivity index (χ1v) is 7.53. The molecule has 0 spiro atoms. The van der Waals surface area contributed by atoms with Gasteiger partial charge in [-0.2, -0.15) is 0 Å². The summed E-state index contributed by atoms with van der Waals surface area (Å²) in [6.07, 6.45) is 6.49. The highest BCUT2D eigenvalue weighted by Gasteiger charge is 2.31. The average Bonchev–Trinajstić information content (AvgIpc) is 3.10. The van der Waals surface area contributed by atoms with Crippen LogP contribution in [0.4, 0.5) is 0 Å². The molecular formula is C17H19N3O3. The van der Waals surface area contributed by atoms with E-state index in [1.54, 1.807) is 20.4 Å². The normalized spacial score (nSPS) is 17.1. The smallest absolute Gasteiger partial charge is 0.274 e. The van der Waals surface area contributed by atoms with E-state index in [2.05, 4.69) is 9.97 Å². The fraction of sp³-hybridized carbons (Fsp3) is 0.353. The number of rotatable bonds is 4. The van der Waals surface area contributed by atoms with Crippen LogP contribution < -0.4 is 9.47 Å². The maximum Gasteiger partial charge on any atom is 0.274 e. The summed E-state index contributed by atoms with van der Waals surface area (Å²) >= 11 is 0. The van der Waals surface area contributed by atoms with E-state index in [0.29, 0.717) is 23.7 Å². The largest absolute Gasteiger partial charge is 0.493 e. The van der Waals surface area contributed by atoms with Crippen molar-refractivity contribution in [3.63, 3.8) is 0 Å². The van der Waals surface area contributed by atoms with Gasteiger partial charge >= 0.3 is 0 Å². The van der Waals surface area contributed by atoms with Crippen LogP contribution in [0.15, 0.2) is 36.8 Å². The minimum absolute atomic E-state index is 0.0179. The molecule has 1 aliphatic rings. The Bertz CT molecular complexity index is 691. The first-order valence-electron chi connectivity index (χ1n) is 7.53. The number of aromatic nitrogens is 2. The van der Waals surface area contributed by atoms with Crippen molar-refractivity contribution in [2.75, 3.05) is 20.8 Å². The summed E-state index contributed by atoms with van der Waals surface area (Å²) in [6.45, 7) is 0.717. The van der Waals surface area contributed by atoms with Crippen LogP contribution in [0.2, 0.25) is 0 Å². The van der Waals surface area contributed by atoms with Gasteiger partial charge in [0.1, 0.15) is 5.69 Å². The third-order valence-electron chi connectivity index (χ3n) is 4.09. The summed E-state index contributed by atoms with van der Waals surface area (Å²) in [4.78, 5) is 22.6. The summed E-state index contributed by atoms with van der Waals surface area (Å²) in [5, 5.41) is 0. The number of methoxy groups -OCH3 is 2.